The summed E-state index contributed by atoms with van der Waals surface area (Å²) in [6, 6.07) is 10.1. The number of hydrogen-bond acceptors (Lipinski definition) is 5. The number of aromatic nitrogens is 2. The van der Waals surface area contributed by atoms with Gasteiger partial charge in [-0.2, -0.15) is 0 Å². The summed E-state index contributed by atoms with van der Waals surface area (Å²) in [6.45, 7) is 6.03. The van der Waals surface area contributed by atoms with E-state index in [-0.39, 0.29) is 0 Å². The molecule has 0 radical (unpaired) electrons. The predicted octanol–water partition coefficient (Wildman–Crippen LogP) is 3.14. The smallest absolute Gasteiger partial charge is 0.131 e. The molecule has 0 saturated carbocycles. The molecule has 0 aliphatic carbocycles. The SMILES string of the molecule is Cc1nnc(CN2CCC(COc3ccccc3)CC2)s1. The summed E-state index contributed by atoms with van der Waals surface area (Å²) in [5.41, 5.74) is 0. The first-order valence-corrected chi connectivity index (χ1v) is 8.30. The lowest BCUT2D eigenvalue weighted by molar-refractivity contribution is 0.136. The van der Waals surface area contributed by atoms with Gasteiger partial charge in [-0.25, -0.2) is 0 Å². The molecule has 2 heterocycles. The monoisotopic (exact) mass is 303 g/mol. The van der Waals surface area contributed by atoms with E-state index in [2.05, 4.69) is 15.1 Å². The third-order valence-electron chi connectivity index (χ3n) is 3.86. The Bertz CT molecular complexity index is 550. The Morgan fingerprint density at radius 3 is 2.62 bits per heavy atom. The largest absolute Gasteiger partial charge is 0.493 e. The van der Waals surface area contributed by atoms with E-state index in [4.69, 9.17) is 4.74 Å². The molecule has 0 spiro atoms. The Balaban J connectivity index is 1.40. The lowest BCUT2D eigenvalue weighted by Crippen LogP contribution is -2.35. The Hall–Kier alpha value is -1.46. The average Bonchev–Trinajstić information content (AvgIpc) is 2.93. The third-order valence-corrected chi connectivity index (χ3v) is 4.69. The molecule has 4 nitrogen and oxygen atoms in total. The van der Waals surface area contributed by atoms with Crippen molar-refractivity contribution in [3.8, 4) is 5.75 Å². The molecule has 1 aliphatic heterocycles. The fraction of sp³-hybridized carbons (Fsp3) is 0.500. The maximum atomic E-state index is 5.86. The zero-order valence-corrected chi connectivity index (χ0v) is 13.2. The number of aryl methyl sites for hydroxylation is 1. The lowest BCUT2D eigenvalue weighted by Gasteiger charge is -2.31. The Morgan fingerprint density at radius 1 is 1.19 bits per heavy atom. The molecule has 1 aliphatic rings. The van der Waals surface area contributed by atoms with Crippen LogP contribution in [0, 0.1) is 12.8 Å². The molecule has 2 aromatic rings. The molecule has 1 fully saturated rings. The normalized spacial score (nSPS) is 17.0. The molecular formula is C16H21N3OS. The number of benzene rings is 1. The first-order chi connectivity index (χ1) is 10.3. The minimum absolute atomic E-state index is 0.664. The first-order valence-electron chi connectivity index (χ1n) is 7.49. The summed E-state index contributed by atoms with van der Waals surface area (Å²) in [4.78, 5) is 2.47. The van der Waals surface area contributed by atoms with Crippen molar-refractivity contribution in [2.45, 2.75) is 26.3 Å². The van der Waals surface area contributed by atoms with Gasteiger partial charge in [0.2, 0.25) is 0 Å². The van der Waals surface area contributed by atoms with E-state index >= 15 is 0 Å². The maximum Gasteiger partial charge on any atom is 0.131 e. The molecule has 21 heavy (non-hydrogen) atoms. The summed E-state index contributed by atoms with van der Waals surface area (Å²) < 4.78 is 5.86. The van der Waals surface area contributed by atoms with Gasteiger partial charge in [-0.3, -0.25) is 4.90 Å². The number of hydrogen-bond donors (Lipinski definition) is 0. The molecular weight excluding hydrogens is 282 g/mol. The van der Waals surface area contributed by atoms with Crippen LogP contribution in [0.5, 0.6) is 5.75 Å². The molecule has 0 unspecified atom stereocenters. The molecule has 0 bridgehead atoms. The van der Waals surface area contributed by atoms with Crippen LogP contribution in [0.1, 0.15) is 22.9 Å². The first kappa shape index (κ1) is 14.5. The van der Waals surface area contributed by atoms with Crippen LogP contribution in [0.25, 0.3) is 0 Å². The topological polar surface area (TPSA) is 38.2 Å². The van der Waals surface area contributed by atoms with Gasteiger partial charge in [-0.05, 0) is 50.9 Å². The summed E-state index contributed by atoms with van der Waals surface area (Å²) in [7, 11) is 0. The van der Waals surface area contributed by atoms with Crippen molar-refractivity contribution in [1.29, 1.82) is 0 Å². The molecule has 112 valence electrons. The van der Waals surface area contributed by atoms with Gasteiger partial charge in [-0.15, -0.1) is 21.5 Å². The minimum Gasteiger partial charge on any atom is -0.493 e. The second kappa shape index (κ2) is 7.00. The van der Waals surface area contributed by atoms with Crippen LogP contribution in [0.2, 0.25) is 0 Å². The number of nitrogens with zero attached hydrogens (tertiary/aromatic N) is 3. The number of ether oxygens (including phenoxy) is 1. The van der Waals surface area contributed by atoms with Crippen LogP contribution < -0.4 is 4.74 Å². The van der Waals surface area contributed by atoms with Gasteiger partial charge in [0.05, 0.1) is 13.2 Å². The standard InChI is InChI=1S/C16H21N3OS/c1-13-17-18-16(21-13)11-19-9-7-14(8-10-19)12-20-15-5-3-2-4-6-15/h2-6,14H,7-12H2,1H3. The van der Waals surface area contributed by atoms with Crippen molar-refractivity contribution in [3.63, 3.8) is 0 Å². The maximum absolute atomic E-state index is 5.86. The molecule has 1 aromatic carbocycles. The molecule has 0 N–H and O–H groups in total. The molecule has 5 heteroatoms. The highest BCUT2D eigenvalue weighted by atomic mass is 32.1. The fourth-order valence-electron chi connectivity index (χ4n) is 2.63. The number of piperidine rings is 1. The van der Waals surface area contributed by atoms with Gasteiger partial charge in [0.1, 0.15) is 15.8 Å². The predicted molar refractivity (Wildman–Crippen MR) is 84.6 cm³/mol. The van der Waals surface area contributed by atoms with E-state index in [1.54, 1.807) is 11.3 Å². The van der Waals surface area contributed by atoms with Crippen LogP contribution >= 0.6 is 11.3 Å². The fourth-order valence-corrected chi connectivity index (χ4v) is 3.39. The Labute approximate surface area is 129 Å². The highest BCUT2D eigenvalue weighted by Gasteiger charge is 2.20. The van der Waals surface area contributed by atoms with Gasteiger partial charge in [-0.1, -0.05) is 18.2 Å². The number of rotatable bonds is 5. The molecule has 1 saturated heterocycles. The van der Waals surface area contributed by atoms with Crippen molar-refractivity contribution in [2.24, 2.45) is 5.92 Å². The van der Waals surface area contributed by atoms with Crippen LogP contribution in [-0.4, -0.2) is 34.8 Å². The van der Waals surface area contributed by atoms with Gasteiger partial charge in [0.15, 0.2) is 0 Å². The van der Waals surface area contributed by atoms with Crippen LogP contribution in [0.4, 0.5) is 0 Å². The average molecular weight is 303 g/mol. The second-order valence-corrected chi connectivity index (χ2v) is 6.82. The van der Waals surface area contributed by atoms with E-state index in [9.17, 15) is 0 Å². The van der Waals surface area contributed by atoms with Gasteiger partial charge >= 0.3 is 0 Å². The molecule has 1 aromatic heterocycles. The van der Waals surface area contributed by atoms with Crippen LogP contribution in [0.3, 0.4) is 0 Å². The number of para-hydroxylation sites is 1. The summed E-state index contributed by atoms with van der Waals surface area (Å²) in [5.74, 6) is 1.64. The molecule has 3 rings (SSSR count). The van der Waals surface area contributed by atoms with Gasteiger partial charge < -0.3 is 4.74 Å². The zero-order valence-electron chi connectivity index (χ0n) is 12.4. The van der Waals surface area contributed by atoms with Crippen molar-refractivity contribution < 1.29 is 4.74 Å². The van der Waals surface area contributed by atoms with Gasteiger partial charge in [0, 0.05) is 0 Å². The van der Waals surface area contributed by atoms with Gasteiger partial charge in [0.25, 0.3) is 0 Å². The van der Waals surface area contributed by atoms with E-state index in [0.717, 1.165) is 42.0 Å². The van der Waals surface area contributed by atoms with Crippen molar-refractivity contribution in [1.82, 2.24) is 15.1 Å². The second-order valence-electron chi connectivity index (χ2n) is 5.56. The van der Waals surface area contributed by atoms with Crippen molar-refractivity contribution in [2.75, 3.05) is 19.7 Å². The highest BCUT2D eigenvalue weighted by Crippen LogP contribution is 2.21. The minimum atomic E-state index is 0.664. The quantitative estimate of drug-likeness (QED) is 0.850. The third kappa shape index (κ3) is 4.25. The Morgan fingerprint density at radius 2 is 1.95 bits per heavy atom. The zero-order chi connectivity index (χ0) is 14.5. The summed E-state index contributed by atoms with van der Waals surface area (Å²) >= 11 is 1.70. The Kier molecular flexibility index (Phi) is 4.83. The lowest BCUT2D eigenvalue weighted by atomic mass is 9.98. The highest BCUT2D eigenvalue weighted by molar-refractivity contribution is 7.11. The van der Waals surface area contributed by atoms with E-state index < -0.39 is 0 Å². The van der Waals surface area contributed by atoms with E-state index in [1.807, 2.05) is 37.3 Å². The van der Waals surface area contributed by atoms with Crippen molar-refractivity contribution >= 4 is 11.3 Å². The molecule has 0 amide bonds. The van der Waals surface area contributed by atoms with E-state index in [0.29, 0.717) is 5.92 Å². The summed E-state index contributed by atoms with van der Waals surface area (Å²) in [6.07, 6.45) is 2.40. The van der Waals surface area contributed by atoms with Crippen LogP contribution in [-0.2, 0) is 6.54 Å². The van der Waals surface area contributed by atoms with Crippen molar-refractivity contribution in [3.05, 3.63) is 40.3 Å². The van der Waals surface area contributed by atoms with E-state index in [1.165, 1.54) is 12.8 Å². The molecule has 0 atom stereocenters. The van der Waals surface area contributed by atoms with Crippen LogP contribution in [0.15, 0.2) is 30.3 Å². The number of likely N-dealkylation sites (tertiary alicyclic amines) is 1. The summed E-state index contributed by atoms with van der Waals surface area (Å²) in [5, 5.41) is 10.5.